The molecule has 0 bridgehead atoms. The molecule has 2 aromatic rings. The van der Waals surface area contributed by atoms with Gasteiger partial charge in [0.1, 0.15) is 0 Å². The van der Waals surface area contributed by atoms with Crippen LogP contribution in [0.1, 0.15) is 26.3 Å². The predicted octanol–water partition coefficient (Wildman–Crippen LogP) is 4.37. The Hall–Kier alpha value is -2.07. The van der Waals surface area contributed by atoms with E-state index in [0.717, 1.165) is 5.56 Å². The number of sulfonamides is 1. The molecule has 0 heterocycles. The second-order valence-corrected chi connectivity index (χ2v) is 8.30. The third kappa shape index (κ3) is 3.82. The van der Waals surface area contributed by atoms with E-state index in [-0.39, 0.29) is 16.9 Å². The Bertz CT molecular complexity index is 757. The SMILES string of the molecule is C=CCN(c1ccccc1)S(=O)(=O)c1ccc(C(C)(C)C)cc1. The van der Waals surface area contributed by atoms with Crippen LogP contribution >= 0.6 is 0 Å². The van der Waals surface area contributed by atoms with Gasteiger partial charge in [0.15, 0.2) is 0 Å². The Morgan fingerprint density at radius 2 is 1.57 bits per heavy atom. The highest BCUT2D eigenvalue weighted by molar-refractivity contribution is 7.92. The van der Waals surface area contributed by atoms with Crippen molar-refractivity contribution in [2.24, 2.45) is 0 Å². The molecule has 23 heavy (non-hydrogen) atoms. The van der Waals surface area contributed by atoms with Crippen LogP contribution in [0.25, 0.3) is 0 Å². The van der Waals surface area contributed by atoms with Crippen LogP contribution in [-0.2, 0) is 15.4 Å². The van der Waals surface area contributed by atoms with Crippen molar-refractivity contribution in [2.45, 2.75) is 31.1 Å². The fourth-order valence-electron chi connectivity index (χ4n) is 2.31. The summed E-state index contributed by atoms with van der Waals surface area (Å²) in [5, 5.41) is 0. The summed E-state index contributed by atoms with van der Waals surface area (Å²) in [6.07, 6.45) is 1.59. The van der Waals surface area contributed by atoms with Crippen molar-refractivity contribution < 1.29 is 8.42 Å². The van der Waals surface area contributed by atoms with Crippen LogP contribution in [0.2, 0.25) is 0 Å². The van der Waals surface area contributed by atoms with Crippen LogP contribution in [0.4, 0.5) is 5.69 Å². The first-order valence-corrected chi connectivity index (χ1v) is 9.00. The van der Waals surface area contributed by atoms with Gasteiger partial charge in [-0.3, -0.25) is 4.31 Å². The van der Waals surface area contributed by atoms with E-state index in [1.807, 2.05) is 30.3 Å². The van der Waals surface area contributed by atoms with E-state index < -0.39 is 10.0 Å². The third-order valence-corrected chi connectivity index (χ3v) is 5.46. The van der Waals surface area contributed by atoms with Gasteiger partial charge >= 0.3 is 0 Å². The van der Waals surface area contributed by atoms with Crippen molar-refractivity contribution in [2.75, 3.05) is 10.8 Å². The summed E-state index contributed by atoms with van der Waals surface area (Å²) >= 11 is 0. The highest BCUT2D eigenvalue weighted by atomic mass is 32.2. The van der Waals surface area contributed by atoms with E-state index in [4.69, 9.17) is 0 Å². The van der Waals surface area contributed by atoms with Crippen LogP contribution in [0.15, 0.2) is 72.1 Å². The summed E-state index contributed by atoms with van der Waals surface area (Å²) in [7, 11) is -3.62. The molecule has 3 nitrogen and oxygen atoms in total. The summed E-state index contributed by atoms with van der Waals surface area (Å²) in [5.74, 6) is 0. The molecule has 0 aliphatic heterocycles. The van der Waals surface area contributed by atoms with Gasteiger partial charge in [-0.25, -0.2) is 8.42 Å². The topological polar surface area (TPSA) is 37.4 Å². The summed E-state index contributed by atoms with van der Waals surface area (Å²) < 4.78 is 27.3. The lowest BCUT2D eigenvalue weighted by molar-refractivity contribution is 0.585. The van der Waals surface area contributed by atoms with Gasteiger partial charge in [0.25, 0.3) is 10.0 Å². The number of hydrogen-bond donors (Lipinski definition) is 0. The van der Waals surface area contributed by atoms with E-state index in [1.165, 1.54) is 4.31 Å². The maximum Gasteiger partial charge on any atom is 0.264 e. The quantitative estimate of drug-likeness (QED) is 0.764. The zero-order valence-corrected chi connectivity index (χ0v) is 14.7. The molecule has 0 unspecified atom stereocenters. The van der Waals surface area contributed by atoms with Gasteiger partial charge in [-0.1, -0.05) is 57.2 Å². The largest absolute Gasteiger partial charge is 0.264 e. The molecule has 2 aromatic carbocycles. The molecule has 0 fully saturated rings. The fourth-order valence-corrected chi connectivity index (χ4v) is 3.74. The number of rotatable bonds is 5. The van der Waals surface area contributed by atoms with Gasteiger partial charge < -0.3 is 0 Å². The molecular formula is C19H23NO2S. The Labute approximate surface area is 139 Å². The summed E-state index contributed by atoms with van der Waals surface area (Å²) in [6.45, 7) is 10.2. The van der Waals surface area contributed by atoms with Crippen molar-refractivity contribution in [3.63, 3.8) is 0 Å². The van der Waals surface area contributed by atoms with Crippen molar-refractivity contribution >= 4 is 15.7 Å². The monoisotopic (exact) mass is 329 g/mol. The molecule has 4 heteroatoms. The highest BCUT2D eigenvalue weighted by Crippen LogP contribution is 2.27. The maximum atomic E-state index is 13.0. The number of hydrogen-bond acceptors (Lipinski definition) is 2. The van der Waals surface area contributed by atoms with Crippen molar-refractivity contribution in [1.29, 1.82) is 0 Å². The Kier molecular flexibility index (Phi) is 4.95. The van der Waals surface area contributed by atoms with E-state index in [2.05, 4.69) is 27.4 Å². The average Bonchev–Trinajstić information content (AvgIpc) is 2.52. The molecule has 0 aromatic heterocycles. The van der Waals surface area contributed by atoms with E-state index in [0.29, 0.717) is 5.69 Å². The van der Waals surface area contributed by atoms with Gasteiger partial charge in [-0.2, -0.15) is 0 Å². The van der Waals surface area contributed by atoms with Crippen LogP contribution in [0.5, 0.6) is 0 Å². The first-order valence-electron chi connectivity index (χ1n) is 7.56. The second kappa shape index (κ2) is 6.59. The van der Waals surface area contributed by atoms with Gasteiger partial charge in [0, 0.05) is 0 Å². The van der Waals surface area contributed by atoms with Crippen LogP contribution in [0.3, 0.4) is 0 Å². The Morgan fingerprint density at radius 1 is 1.00 bits per heavy atom. The van der Waals surface area contributed by atoms with Gasteiger partial charge in [-0.15, -0.1) is 6.58 Å². The number of nitrogens with zero attached hydrogens (tertiary/aromatic N) is 1. The third-order valence-electron chi connectivity index (χ3n) is 3.65. The van der Waals surface area contributed by atoms with Crippen molar-refractivity contribution in [1.82, 2.24) is 0 Å². The lowest BCUT2D eigenvalue weighted by atomic mass is 9.87. The molecule has 122 valence electrons. The molecule has 0 amide bonds. The standard InChI is InChI=1S/C19H23NO2S/c1-5-15-20(17-9-7-6-8-10-17)23(21,22)18-13-11-16(12-14-18)19(2,3)4/h5-14H,1,15H2,2-4H3. The van der Waals surface area contributed by atoms with E-state index in [9.17, 15) is 8.42 Å². The molecule has 0 atom stereocenters. The van der Waals surface area contributed by atoms with Gasteiger partial charge in [-0.05, 0) is 35.2 Å². The number of para-hydroxylation sites is 1. The first-order chi connectivity index (χ1) is 10.8. The molecule has 0 saturated heterocycles. The molecule has 0 radical (unpaired) electrons. The smallest absolute Gasteiger partial charge is 0.263 e. The Balaban J connectivity index is 2.44. The van der Waals surface area contributed by atoms with E-state index >= 15 is 0 Å². The lowest BCUT2D eigenvalue weighted by Crippen LogP contribution is -2.31. The number of benzene rings is 2. The highest BCUT2D eigenvalue weighted by Gasteiger charge is 2.24. The van der Waals surface area contributed by atoms with Crippen LogP contribution in [-0.4, -0.2) is 15.0 Å². The molecule has 0 aliphatic rings. The van der Waals surface area contributed by atoms with Crippen molar-refractivity contribution in [3.8, 4) is 0 Å². The molecular weight excluding hydrogens is 306 g/mol. The maximum absolute atomic E-state index is 13.0. The Morgan fingerprint density at radius 3 is 2.04 bits per heavy atom. The first kappa shape index (κ1) is 17.3. The van der Waals surface area contributed by atoms with Crippen LogP contribution < -0.4 is 4.31 Å². The minimum Gasteiger partial charge on any atom is -0.263 e. The van der Waals surface area contributed by atoms with Crippen LogP contribution in [0, 0.1) is 0 Å². The molecule has 0 spiro atoms. The van der Waals surface area contributed by atoms with Gasteiger partial charge in [0.2, 0.25) is 0 Å². The number of anilines is 1. The second-order valence-electron chi connectivity index (χ2n) is 6.43. The molecule has 0 aliphatic carbocycles. The lowest BCUT2D eigenvalue weighted by Gasteiger charge is -2.24. The summed E-state index contributed by atoms with van der Waals surface area (Å²) in [6, 6.07) is 16.2. The average molecular weight is 329 g/mol. The zero-order valence-electron chi connectivity index (χ0n) is 13.9. The van der Waals surface area contributed by atoms with Gasteiger partial charge in [0.05, 0.1) is 17.1 Å². The summed E-state index contributed by atoms with van der Waals surface area (Å²) in [5.41, 5.74) is 1.72. The van der Waals surface area contributed by atoms with E-state index in [1.54, 1.807) is 30.3 Å². The minimum absolute atomic E-state index is 0.0114. The molecule has 0 N–H and O–H groups in total. The molecule has 0 saturated carbocycles. The fraction of sp³-hybridized carbons (Fsp3) is 0.263. The predicted molar refractivity (Wildman–Crippen MR) is 96.3 cm³/mol. The minimum atomic E-state index is -3.62. The van der Waals surface area contributed by atoms with Crippen molar-refractivity contribution in [3.05, 3.63) is 72.8 Å². The molecule has 2 rings (SSSR count). The zero-order chi connectivity index (χ0) is 17.1. The summed E-state index contributed by atoms with van der Waals surface area (Å²) in [4.78, 5) is 0.288. The normalized spacial score (nSPS) is 12.0.